The number of hydrogen-bond acceptors (Lipinski definition) is 6. The molecule has 0 aliphatic carbocycles. The quantitative estimate of drug-likeness (QED) is 0.725. The van der Waals surface area contributed by atoms with Crippen LogP contribution in [0.15, 0.2) is 21.7 Å². The molecule has 1 amide bonds. The lowest BCUT2D eigenvalue weighted by Gasteiger charge is -2.29. The van der Waals surface area contributed by atoms with Gasteiger partial charge in [0.2, 0.25) is 0 Å². The Kier molecular flexibility index (Phi) is 6.76. The van der Waals surface area contributed by atoms with Gasteiger partial charge in [0.25, 0.3) is 15.9 Å². The number of ether oxygens (including phenoxy) is 1. The molecular formula is C15H22N2O5S2. The average Bonchev–Trinajstić information content (AvgIpc) is 3.13. The van der Waals surface area contributed by atoms with E-state index < -0.39 is 16.0 Å². The van der Waals surface area contributed by atoms with Crippen molar-refractivity contribution in [3.8, 4) is 0 Å². The zero-order chi connectivity index (χ0) is 17.6. The molecule has 0 aromatic carbocycles. The lowest BCUT2D eigenvalue weighted by Crippen LogP contribution is -2.40. The third-order valence-electron chi connectivity index (χ3n) is 3.79. The number of carbonyl (C=O) groups is 2. The van der Waals surface area contributed by atoms with Gasteiger partial charge in [-0.3, -0.25) is 9.59 Å². The highest BCUT2D eigenvalue weighted by atomic mass is 32.2. The van der Waals surface area contributed by atoms with Crippen LogP contribution in [0.2, 0.25) is 0 Å². The summed E-state index contributed by atoms with van der Waals surface area (Å²) in [6.45, 7) is 2.76. The molecule has 1 aromatic rings. The van der Waals surface area contributed by atoms with Crippen LogP contribution < -0.4 is 5.32 Å². The summed E-state index contributed by atoms with van der Waals surface area (Å²) in [4.78, 5) is 23.4. The first-order chi connectivity index (χ1) is 11.4. The van der Waals surface area contributed by atoms with Crippen LogP contribution in [0.25, 0.3) is 0 Å². The largest absolute Gasteiger partial charge is 0.455 e. The number of nitrogens with zero attached hydrogens (tertiary/aromatic N) is 1. The van der Waals surface area contributed by atoms with Gasteiger partial charge < -0.3 is 10.1 Å². The highest BCUT2D eigenvalue weighted by molar-refractivity contribution is 7.91. The van der Waals surface area contributed by atoms with Crippen molar-refractivity contribution in [2.75, 3.05) is 26.2 Å². The fourth-order valence-corrected chi connectivity index (χ4v) is 5.05. The third kappa shape index (κ3) is 4.78. The lowest BCUT2D eigenvalue weighted by atomic mass is 9.98. The molecule has 2 rings (SSSR count). The summed E-state index contributed by atoms with van der Waals surface area (Å²) in [7, 11) is -3.47. The second kappa shape index (κ2) is 8.59. The van der Waals surface area contributed by atoms with E-state index in [-0.39, 0.29) is 31.5 Å². The first-order valence-corrected chi connectivity index (χ1v) is 10.2. The number of esters is 1. The summed E-state index contributed by atoms with van der Waals surface area (Å²) in [5, 5.41) is 4.35. The molecule has 0 radical (unpaired) electrons. The minimum Gasteiger partial charge on any atom is -0.455 e. The van der Waals surface area contributed by atoms with E-state index >= 15 is 0 Å². The molecule has 9 heteroatoms. The molecule has 1 fully saturated rings. The topological polar surface area (TPSA) is 92.8 Å². The van der Waals surface area contributed by atoms with Gasteiger partial charge in [-0.15, -0.1) is 11.3 Å². The van der Waals surface area contributed by atoms with E-state index in [0.29, 0.717) is 23.6 Å². The molecular weight excluding hydrogens is 352 g/mol. The van der Waals surface area contributed by atoms with Gasteiger partial charge in [-0.2, -0.15) is 4.31 Å². The Bertz CT molecular complexity index is 649. The zero-order valence-electron chi connectivity index (χ0n) is 13.6. The Hall–Kier alpha value is -1.45. The van der Waals surface area contributed by atoms with Gasteiger partial charge >= 0.3 is 5.97 Å². The number of amides is 1. The van der Waals surface area contributed by atoms with Crippen molar-refractivity contribution in [1.29, 1.82) is 0 Å². The molecule has 1 saturated heterocycles. The summed E-state index contributed by atoms with van der Waals surface area (Å²) < 4.78 is 31.5. The maximum atomic E-state index is 12.4. The van der Waals surface area contributed by atoms with E-state index in [1.54, 1.807) is 17.5 Å². The maximum Gasteiger partial charge on any atom is 0.309 e. The number of nitrogens with one attached hydrogen (secondary N) is 1. The van der Waals surface area contributed by atoms with Gasteiger partial charge in [-0.1, -0.05) is 13.0 Å². The normalized spacial score (nSPS) is 16.7. The number of rotatable bonds is 7. The van der Waals surface area contributed by atoms with Crippen LogP contribution in [0.5, 0.6) is 0 Å². The second-order valence-corrected chi connectivity index (χ2v) is 8.68. The van der Waals surface area contributed by atoms with E-state index in [9.17, 15) is 18.0 Å². The molecule has 7 nitrogen and oxygen atoms in total. The Morgan fingerprint density at radius 2 is 2.08 bits per heavy atom. The van der Waals surface area contributed by atoms with Crippen LogP contribution in [-0.4, -0.2) is 50.8 Å². The molecule has 0 atom stereocenters. The zero-order valence-corrected chi connectivity index (χ0v) is 15.2. The highest BCUT2D eigenvalue weighted by Crippen LogP contribution is 2.26. The van der Waals surface area contributed by atoms with E-state index in [0.717, 1.165) is 6.42 Å². The highest BCUT2D eigenvalue weighted by Gasteiger charge is 2.33. The van der Waals surface area contributed by atoms with Crippen LogP contribution >= 0.6 is 11.3 Å². The van der Waals surface area contributed by atoms with Crippen LogP contribution in [-0.2, 0) is 24.3 Å². The Morgan fingerprint density at radius 3 is 2.67 bits per heavy atom. The van der Waals surface area contributed by atoms with Crippen LogP contribution in [0.1, 0.15) is 26.2 Å². The van der Waals surface area contributed by atoms with Crippen molar-refractivity contribution in [2.45, 2.75) is 30.4 Å². The summed E-state index contributed by atoms with van der Waals surface area (Å²) >= 11 is 1.18. The average molecular weight is 374 g/mol. The van der Waals surface area contributed by atoms with Gasteiger partial charge in [0.15, 0.2) is 6.61 Å². The summed E-state index contributed by atoms with van der Waals surface area (Å²) in [5.41, 5.74) is 0. The Labute approximate surface area is 146 Å². The van der Waals surface area contributed by atoms with E-state index in [1.807, 2.05) is 6.92 Å². The van der Waals surface area contributed by atoms with E-state index in [2.05, 4.69) is 5.32 Å². The van der Waals surface area contributed by atoms with Gasteiger partial charge in [-0.25, -0.2) is 8.42 Å². The number of piperidine rings is 1. The van der Waals surface area contributed by atoms with Gasteiger partial charge in [-0.05, 0) is 30.7 Å². The summed E-state index contributed by atoms with van der Waals surface area (Å²) in [5.74, 6) is -1.11. The molecule has 0 saturated carbocycles. The van der Waals surface area contributed by atoms with E-state index in [4.69, 9.17) is 4.74 Å². The minimum absolute atomic E-state index is 0.280. The number of sulfonamides is 1. The van der Waals surface area contributed by atoms with Crippen molar-refractivity contribution in [3.05, 3.63) is 17.5 Å². The lowest BCUT2D eigenvalue weighted by molar-refractivity contribution is -0.153. The van der Waals surface area contributed by atoms with Crippen molar-refractivity contribution < 1.29 is 22.7 Å². The smallest absolute Gasteiger partial charge is 0.309 e. The predicted molar refractivity (Wildman–Crippen MR) is 90.1 cm³/mol. The third-order valence-corrected chi connectivity index (χ3v) is 7.07. The van der Waals surface area contributed by atoms with Gasteiger partial charge in [0.05, 0.1) is 5.92 Å². The van der Waals surface area contributed by atoms with E-state index in [1.165, 1.54) is 15.6 Å². The van der Waals surface area contributed by atoms with Crippen LogP contribution in [0.3, 0.4) is 0 Å². The molecule has 0 spiro atoms. The fraction of sp³-hybridized carbons (Fsp3) is 0.600. The molecule has 2 heterocycles. The molecule has 1 aliphatic rings. The van der Waals surface area contributed by atoms with Crippen LogP contribution in [0, 0.1) is 5.92 Å². The molecule has 1 N–H and O–H groups in total. The number of hydrogen-bond donors (Lipinski definition) is 1. The van der Waals surface area contributed by atoms with Crippen molar-refractivity contribution >= 4 is 33.2 Å². The van der Waals surface area contributed by atoms with Gasteiger partial charge in [0.1, 0.15) is 4.21 Å². The molecule has 0 unspecified atom stereocenters. The standard InChI is InChI=1S/C15H22N2O5S2/c1-2-7-16-13(18)11-22-15(19)12-5-8-17(9-6-12)24(20,21)14-4-3-10-23-14/h3-4,10,12H,2,5-9,11H2,1H3,(H,16,18). The molecule has 1 aliphatic heterocycles. The van der Waals surface area contributed by atoms with Crippen molar-refractivity contribution in [2.24, 2.45) is 5.92 Å². The Morgan fingerprint density at radius 1 is 1.38 bits per heavy atom. The monoisotopic (exact) mass is 374 g/mol. The van der Waals surface area contributed by atoms with Crippen molar-refractivity contribution in [1.82, 2.24) is 9.62 Å². The number of carbonyl (C=O) groups excluding carboxylic acids is 2. The first-order valence-electron chi connectivity index (χ1n) is 7.92. The fourth-order valence-electron chi connectivity index (χ4n) is 2.44. The summed E-state index contributed by atoms with van der Waals surface area (Å²) in [6, 6.07) is 3.28. The molecule has 134 valence electrons. The predicted octanol–water partition coefficient (Wildman–Crippen LogP) is 1.22. The number of thiophene rings is 1. The first kappa shape index (κ1) is 18.9. The summed E-state index contributed by atoms with van der Waals surface area (Å²) in [6.07, 6.45) is 1.62. The Balaban J connectivity index is 1.80. The second-order valence-electron chi connectivity index (χ2n) is 5.57. The van der Waals surface area contributed by atoms with Gasteiger partial charge in [0, 0.05) is 19.6 Å². The molecule has 24 heavy (non-hydrogen) atoms. The van der Waals surface area contributed by atoms with Crippen molar-refractivity contribution in [3.63, 3.8) is 0 Å². The maximum absolute atomic E-state index is 12.4. The minimum atomic E-state index is -3.47. The SMILES string of the molecule is CCCNC(=O)COC(=O)C1CCN(S(=O)(=O)c2cccs2)CC1. The van der Waals surface area contributed by atoms with Crippen LogP contribution in [0.4, 0.5) is 0 Å². The molecule has 1 aromatic heterocycles. The molecule has 0 bridgehead atoms.